The molecule has 110 valence electrons. The van der Waals surface area contributed by atoms with E-state index in [1.807, 2.05) is 30.3 Å². The fourth-order valence-electron chi connectivity index (χ4n) is 2.22. The highest BCUT2D eigenvalue weighted by atomic mass is 79.9. The summed E-state index contributed by atoms with van der Waals surface area (Å²) in [6.07, 6.45) is 0. The Kier molecular flexibility index (Phi) is 4.96. The molecule has 0 aliphatic heterocycles. The highest BCUT2D eigenvalue weighted by molar-refractivity contribution is 9.10. The molecule has 1 atom stereocenters. The van der Waals surface area contributed by atoms with Crippen molar-refractivity contribution in [2.75, 3.05) is 11.4 Å². The van der Waals surface area contributed by atoms with Crippen LogP contribution in [0.15, 0.2) is 53.0 Å². The van der Waals surface area contributed by atoms with Gasteiger partial charge in [0, 0.05) is 15.7 Å². The number of anilines is 1. The summed E-state index contributed by atoms with van der Waals surface area (Å²) in [6.45, 7) is 1.60. The summed E-state index contributed by atoms with van der Waals surface area (Å²) >= 11 is 3.32. The summed E-state index contributed by atoms with van der Waals surface area (Å²) in [5, 5.41) is 9.12. The minimum atomic E-state index is -0.957. The Morgan fingerprint density at radius 3 is 2.57 bits per heavy atom. The maximum atomic E-state index is 14.0. The van der Waals surface area contributed by atoms with Gasteiger partial charge in [-0.3, -0.25) is 4.79 Å². The number of benzene rings is 2. The fourth-order valence-corrected chi connectivity index (χ4v) is 2.60. The third kappa shape index (κ3) is 3.82. The maximum Gasteiger partial charge on any atom is 0.323 e. The summed E-state index contributed by atoms with van der Waals surface area (Å²) in [5.74, 6) is -1.31. The highest BCUT2D eigenvalue weighted by Crippen LogP contribution is 2.29. The third-order valence-corrected chi connectivity index (χ3v) is 3.76. The smallest absolute Gasteiger partial charge is 0.323 e. The zero-order valence-electron chi connectivity index (χ0n) is 11.5. The van der Waals surface area contributed by atoms with Crippen molar-refractivity contribution in [1.29, 1.82) is 0 Å². The lowest BCUT2D eigenvalue weighted by atomic mass is 10.1. The van der Waals surface area contributed by atoms with Gasteiger partial charge in [-0.05, 0) is 37.3 Å². The summed E-state index contributed by atoms with van der Waals surface area (Å²) in [6, 6.07) is 13.4. The first kappa shape index (κ1) is 15.5. The van der Waals surface area contributed by atoms with Crippen molar-refractivity contribution < 1.29 is 14.3 Å². The van der Waals surface area contributed by atoms with Gasteiger partial charge in [0.1, 0.15) is 12.4 Å². The van der Waals surface area contributed by atoms with Gasteiger partial charge >= 0.3 is 5.97 Å². The normalized spacial score (nSPS) is 12.0. The van der Waals surface area contributed by atoms with Gasteiger partial charge in [0.05, 0.1) is 6.04 Å². The van der Waals surface area contributed by atoms with Crippen molar-refractivity contribution in [1.82, 2.24) is 0 Å². The summed E-state index contributed by atoms with van der Waals surface area (Å²) in [7, 11) is 0. The average Bonchev–Trinajstić information content (AvgIpc) is 2.47. The van der Waals surface area contributed by atoms with E-state index >= 15 is 0 Å². The van der Waals surface area contributed by atoms with Gasteiger partial charge < -0.3 is 10.0 Å². The summed E-state index contributed by atoms with van der Waals surface area (Å²) in [4.78, 5) is 12.8. The molecule has 0 aliphatic carbocycles. The first-order valence-electron chi connectivity index (χ1n) is 6.47. The molecule has 2 aromatic rings. The van der Waals surface area contributed by atoms with Gasteiger partial charge in [-0.1, -0.05) is 34.1 Å². The van der Waals surface area contributed by atoms with Crippen LogP contribution in [0.4, 0.5) is 10.1 Å². The number of carboxylic acids is 1. The molecule has 0 saturated heterocycles. The predicted octanol–water partition coefficient (Wildman–Crippen LogP) is 4.24. The number of carbonyl (C=O) groups is 1. The topological polar surface area (TPSA) is 40.5 Å². The molecule has 0 aliphatic rings. The Labute approximate surface area is 131 Å². The van der Waals surface area contributed by atoms with E-state index in [4.69, 9.17) is 5.11 Å². The molecule has 0 bridgehead atoms. The van der Waals surface area contributed by atoms with Crippen molar-refractivity contribution in [3.63, 3.8) is 0 Å². The minimum Gasteiger partial charge on any atom is -0.480 e. The van der Waals surface area contributed by atoms with E-state index in [-0.39, 0.29) is 12.4 Å². The average molecular weight is 352 g/mol. The van der Waals surface area contributed by atoms with Crippen molar-refractivity contribution in [3.05, 3.63) is 64.4 Å². The Morgan fingerprint density at radius 1 is 1.29 bits per heavy atom. The van der Waals surface area contributed by atoms with Crippen LogP contribution in [0.3, 0.4) is 0 Å². The standard InChI is InChI=1S/C16H15BrFNO2/c1-11(14-9-12(17)7-8-15(14)18)19(10-16(20)21)13-5-3-2-4-6-13/h2-9,11H,10H2,1H3,(H,20,21). The van der Waals surface area contributed by atoms with Crippen LogP contribution in [0.5, 0.6) is 0 Å². The van der Waals surface area contributed by atoms with E-state index < -0.39 is 12.0 Å². The number of hydrogen-bond acceptors (Lipinski definition) is 2. The highest BCUT2D eigenvalue weighted by Gasteiger charge is 2.21. The molecule has 1 N–H and O–H groups in total. The lowest BCUT2D eigenvalue weighted by Crippen LogP contribution is -2.32. The molecule has 0 aromatic heterocycles. The first-order chi connectivity index (χ1) is 9.99. The van der Waals surface area contributed by atoms with Gasteiger partial charge in [0.2, 0.25) is 0 Å². The zero-order valence-corrected chi connectivity index (χ0v) is 13.0. The minimum absolute atomic E-state index is 0.197. The summed E-state index contributed by atoms with van der Waals surface area (Å²) < 4.78 is 14.8. The molecule has 0 amide bonds. The second-order valence-corrected chi connectivity index (χ2v) is 5.61. The number of para-hydroxylation sites is 1. The molecule has 0 fully saturated rings. The van der Waals surface area contributed by atoms with Crippen LogP contribution >= 0.6 is 15.9 Å². The zero-order chi connectivity index (χ0) is 15.4. The van der Waals surface area contributed by atoms with E-state index in [9.17, 15) is 9.18 Å². The number of nitrogens with zero attached hydrogens (tertiary/aromatic N) is 1. The van der Waals surface area contributed by atoms with E-state index in [1.165, 1.54) is 6.07 Å². The lowest BCUT2D eigenvalue weighted by molar-refractivity contribution is -0.135. The summed E-state index contributed by atoms with van der Waals surface area (Å²) in [5.41, 5.74) is 1.20. The number of carboxylic acid groups (broad SMARTS) is 1. The van der Waals surface area contributed by atoms with Gasteiger partial charge in [0.15, 0.2) is 0 Å². The molecular formula is C16H15BrFNO2. The van der Waals surface area contributed by atoms with E-state index in [0.717, 1.165) is 10.2 Å². The molecule has 2 aromatic carbocycles. The Hall–Kier alpha value is -1.88. The molecule has 3 nitrogen and oxygen atoms in total. The maximum absolute atomic E-state index is 14.0. The number of hydrogen-bond donors (Lipinski definition) is 1. The van der Waals surface area contributed by atoms with Crippen molar-refractivity contribution in [3.8, 4) is 0 Å². The van der Waals surface area contributed by atoms with Crippen molar-refractivity contribution in [2.45, 2.75) is 13.0 Å². The molecular weight excluding hydrogens is 337 g/mol. The van der Waals surface area contributed by atoms with Crippen molar-refractivity contribution >= 4 is 27.6 Å². The first-order valence-corrected chi connectivity index (χ1v) is 7.27. The van der Waals surface area contributed by atoms with Gasteiger partial charge in [-0.2, -0.15) is 0 Å². The molecule has 2 rings (SSSR count). The number of halogens is 2. The largest absolute Gasteiger partial charge is 0.480 e. The monoisotopic (exact) mass is 351 g/mol. The Balaban J connectivity index is 2.40. The van der Waals surface area contributed by atoms with E-state index in [1.54, 1.807) is 24.0 Å². The Bertz CT molecular complexity index is 633. The molecule has 1 unspecified atom stereocenters. The van der Waals surface area contributed by atoms with E-state index in [0.29, 0.717) is 5.56 Å². The Morgan fingerprint density at radius 2 is 1.95 bits per heavy atom. The molecule has 5 heteroatoms. The molecule has 21 heavy (non-hydrogen) atoms. The van der Waals surface area contributed by atoms with Crippen LogP contribution in [0.1, 0.15) is 18.5 Å². The van der Waals surface area contributed by atoms with E-state index in [2.05, 4.69) is 15.9 Å². The van der Waals surface area contributed by atoms with Gasteiger partial charge in [-0.15, -0.1) is 0 Å². The molecule has 0 radical (unpaired) electrons. The van der Waals surface area contributed by atoms with Gasteiger partial charge in [0.25, 0.3) is 0 Å². The van der Waals surface area contributed by atoms with Crippen LogP contribution in [-0.2, 0) is 4.79 Å². The molecule has 0 saturated carbocycles. The fraction of sp³-hybridized carbons (Fsp3) is 0.188. The SMILES string of the molecule is CC(c1cc(Br)ccc1F)N(CC(=O)O)c1ccccc1. The third-order valence-electron chi connectivity index (χ3n) is 3.27. The predicted molar refractivity (Wildman–Crippen MR) is 83.9 cm³/mol. The number of aliphatic carboxylic acids is 1. The van der Waals surface area contributed by atoms with Crippen LogP contribution in [0, 0.1) is 5.82 Å². The molecule has 0 spiro atoms. The van der Waals surface area contributed by atoms with Gasteiger partial charge in [-0.25, -0.2) is 4.39 Å². The van der Waals surface area contributed by atoms with Crippen molar-refractivity contribution in [2.24, 2.45) is 0 Å². The van der Waals surface area contributed by atoms with Crippen LogP contribution in [0.2, 0.25) is 0 Å². The second kappa shape index (κ2) is 6.72. The molecule has 0 heterocycles. The lowest BCUT2D eigenvalue weighted by Gasteiger charge is -2.30. The second-order valence-electron chi connectivity index (χ2n) is 4.70. The van der Waals surface area contributed by atoms with Crippen LogP contribution in [-0.4, -0.2) is 17.6 Å². The quantitative estimate of drug-likeness (QED) is 0.875. The number of rotatable bonds is 5. The van der Waals surface area contributed by atoms with Crippen LogP contribution in [0.25, 0.3) is 0 Å². The van der Waals surface area contributed by atoms with Crippen LogP contribution < -0.4 is 4.90 Å².